The zero-order valence-corrected chi connectivity index (χ0v) is 16.7. The highest BCUT2D eigenvalue weighted by Crippen LogP contribution is 2.30. The van der Waals surface area contributed by atoms with Crippen molar-refractivity contribution < 1.29 is 9.53 Å². The lowest BCUT2D eigenvalue weighted by Crippen LogP contribution is -2.26. The van der Waals surface area contributed by atoms with Gasteiger partial charge >= 0.3 is 0 Å². The molecule has 1 N–H and O–H groups in total. The number of ether oxygens (including phenoxy) is 1. The van der Waals surface area contributed by atoms with Crippen LogP contribution in [0.3, 0.4) is 0 Å². The van der Waals surface area contributed by atoms with E-state index >= 15 is 0 Å². The maximum Gasteiger partial charge on any atom is 0.241 e. The minimum absolute atomic E-state index is 0.0745. The molecule has 3 aromatic heterocycles. The zero-order valence-electron chi connectivity index (χ0n) is 16.7. The molecule has 1 saturated heterocycles. The molecule has 28 heavy (non-hydrogen) atoms. The number of aromatic nitrogens is 5. The topological polar surface area (TPSA) is 86.9 Å². The molecular formula is C20H26N6O2. The summed E-state index contributed by atoms with van der Waals surface area (Å²) in [5.74, 6) is 1.26. The smallest absolute Gasteiger partial charge is 0.241 e. The molecule has 0 spiro atoms. The van der Waals surface area contributed by atoms with Crippen LogP contribution < -0.4 is 10.1 Å². The molecule has 0 saturated carbocycles. The highest BCUT2D eigenvalue weighted by molar-refractivity contribution is 5.84. The molecule has 2 atom stereocenters. The largest absolute Gasteiger partial charge is 0.473 e. The fourth-order valence-corrected chi connectivity index (χ4v) is 3.57. The van der Waals surface area contributed by atoms with Gasteiger partial charge in [0.2, 0.25) is 11.8 Å². The molecule has 8 nitrogen and oxygen atoms in total. The maximum absolute atomic E-state index is 11.5. The molecular weight excluding hydrogens is 356 g/mol. The molecule has 1 aliphatic rings. The summed E-state index contributed by atoms with van der Waals surface area (Å²) in [5, 5.41) is 7.31. The van der Waals surface area contributed by atoms with Gasteiger partial charge in [-0.2, -0.15) is 5.10 Å². The van der Waals surface area contributed by atoms with Gasteiger partial charge in [-0.25, -0.2) is 9.97 Å². The van der Waals surface area contributed by atoms with Crippen LogP contribution in [0.2, 0.25) is 0 Å². The van der Waals surface area contributed by atoms with Crippen molar-refractivity contribution >= 4 is 16.9 Å². The fraction of sp³-hybridized carbons (Fsp3) is 0.500. The Morgan fingerprint density at radius 2 is 2.18 bits per heavy atom. The Kier molecular flexibility index (Phi) is 4.78. The van der Waals surface area contributed by atoms with Crippen LogP contribution in [-0.2, 0) is 18.4 Å². The van der Waals surface area contributed by atoms with E-state index in [0.717, 1.165) is 28.8 Å². The average Bonchev–Trinajstić information content (AvgIpc) is 3.35. The number of aryl methyl sites for hydroxylation is 1. The monoisotopic (exact) mass is 382 g/mol. The predicted molar refractivity (Wildman–Crippen MR) is 106 cm³/mol. The summed E-state index contributed by atoms with van der Waals surface area (Å²) in [5.41, 5.74) is 3.39. The summed E-state index contributed by atoms with van der Waals surface area (Å²) in [6, 6.07) is 1.96. The van der Waals surface area contributed by atoms with E-state index in [4.69, 9.17) is 9.72 Å². The van der Waals surface area contributed by atoms with E-state index in [1.54, 1.807) is 6.33 Å². The predicted octanol–water partition coefficient (Wildman–Crippen LogP) is 2.39. The molecule has 0 bridgehead atoms. The molecule has 0 aliphatic carbocycles. The fourth-order valence-electron chi connectivity index (χ4n) is 3.57. The van der Waals surface area contributed by atoms with Crippen molar-refractivity contribution in [2.75, 3.05) is 6.54 Å². The van der Waals surface area contributed by atoms with Crippen LogP contribution in [0.5, 0.6) is 5.88 Å². The molecule has 0 radical (unpaired) electrons. The Bertz CT molecular complexity index is 1010. The van der Waals surface area contributed by atoms with Crippen LogP contribution in [0.25, 0.3) is 22.3 Å². The van der Waals surface area contributed by atoms with Crippen LogP contribution in [0.15, 0.2) is 24.8 Å². The van der Waals surface area contributed by atoms with Crippen LogP contribution in [0, 0.1) is 11.8 Å². The van der Waals surface area contributed by atoms with Crippen molar-refractivity contribution in [2.45, 2.75) is 39.8 Å². The molecule has 1 amide bonds. The first-order valence-electron chi connectivity index (χ1n) is 9.69. The van der Waals surface area contributed by atoms with Gasteiger partial charge in [-0.3, -0.25) is 9.48 Å². The Morgan fingerprint density at radius 3 is 2.89 bits per heavy atom. The van der Waals surface area contributed by atoms with Crippen molar-refractivity contribution in [3.8, 4) is 17.1 Å². The van der Waals surface area contributed by atoms with Gasteiger partial charge < -0.3 is 14.6 Å². The summed E-state index contributed by atoms with van der Waals surface area (Å²) >= 11 is 0. The van der Waals surface area contributed by atoms with Gasteiger partial charge in [-0.05, 0) is 18.9 Å². The Hall–Kier alpha value is -2.90. The first-order valence-corrected chi connectivity index (χ1v) is 9.69. The number of fused-ring (bicyclic) bond motifs is 1. The minimum Gasteiger partial charge on any atom is -0.473 e. The van der Waals surface area contributed by atoms with E-state index in [-0.39, 0.29) is 17.9 Å². The Labute approximate surface area is 163 Å². The molecule has 4 rings (SSSR count). The van der Waals surface area contributed by atoms with Crippen molar-refractivity contribution in [3.63, 3.8) is 0 Å². The van der Waals surface area contributed by atoms with Crippen molar-refractivity contribution in [2.24, 2.45) is 18.9 Å². The van der Waals surface area contributed by atoms with Crippen LogP contribution in [-0.4, -0.2) is 42.9 Å². The summed E-state index contributed by atoms with van der Waals surface area (Å²) in [4.78, 5) is 20.8. The second kappa shape index (κ2) is 7.26. The van der Waals surface area contributed by atoms with E-state index in [9.17, 15) is 4.79 Å². The minimum atomic E-state index is -0.136. The number of hydrogen-bond acceptors (Lipinski definition) is 5. The number of carbonyl (C=O) groups is 1. The number of nitrogens with one attached hydrogen (secondary N) is 1. The van der Waals surface area contributed by atoms with Crippen LogP contribution >= 0.6 is 0 Å². The van der Waals surface area contributed by atoms with Gasteiger partial charge in [-0.15, -0.1) is 0 Å². The van der Waals surface area contributed by atoms with Gasteiger partial charge in [0.1, 0.15) is 11.6 Å². The molecule has 0 aromatic carbocycles. The van der Waals surface area contributed by atoms with Crippen LogP contribution in [0.1, 0.15) is 27.2 Å². The molecule has 1 fully saturated rings. The molecule has 1 unspecified atom stereocenters. The standard InChI is InChI=1S/C20H26N6O2/c1-12(2)9-26-10-15(8-23-26)16-6-17-19(25(4)11-22-17)20(24-16)28-13(3)14-5-18(27)21-7-14/h6,8,10-14H,5,7,9H2,1-4H3,(H,21,27)/t13-,14?/m1/s1. The lowest BCUT2D eigenvalue weighted by molar-refractivity contribution is -0.119. The van der Waals surface area contributed by atoms with Gasteiger partial charge in [0.05, 0.1) is 23.7 Å². The maximum atomic E-state index is 11.5. The number of amides is 1. The third-order valence-corrected chi connectivity index (χ3v) is 5.11. The highest BCUT2D eigenvalue weighted by Gasteiger charge is 2.29. The second-order valence-electron chi connectivity index (χ2n) is 7.97. The normalized spacial score (nSPS) is 18.0. The van der Waals surface area contributed by atoms with Gasteiger partial charge in [0.15, 0.2) is 0 Å². The summed E-state index contributed by atoms with van der Waals surface area (Å²) in [6.07, 6.45) is 5.94. The summed E-state index contributed by atoms with van der Waals surface area (Å²) < 4.78 is 10.1. The van der Waals surface area contributed by atoms with Gasteiger partial charge in [0.25, 0.3) is 0 Å². The van der Waals surface area contributed by atoms with E-state index in [1.807, 2.05) is 41.7 Å². The Balaban J connectivity index is 1.68. The van der Waals surface area contributed by atoms with E-state index in [2.05, 4.69) is 29.2 Å². The lowest BCUT2D eigenvalue weighted by atomic mass is 10.0. The number of rotatable bonds is 6. The van der Waals surface area contributed by atoms with E-state index < -0.39 is 0 Å². The first kappa shape index (κ1) is 18.5. The number of pyridine rings is 1. The Morgan fingerprint density at radius 1 is 1.36 bits per heavy atom. The van der Waals surface area contributed by atoms with Crippen molar-refractivity contribution in [1.82, 2.24) is 29.6 Å². The third kappa shape index (κ3) is 3.58. The highest BCUT2D eigenvalue weighted by atomic mass is 16.5. The number of nitrogens with zero attached hydrogens (tertiary/aromatic N) is 5. The number of hydrogen-bond donors (Lipinski definition) is 1. The van der Waals surface area contributed by atoms with E-state index in [0.29, 0.717) is 24.8 Å². The van der Waals surface area contributed by atoms with Crippen molar-refractivity contribution in [3.05, 3.63) is 24.8 Å². The van der Waals surface area contributed by atoms with E-state index in [1.165, 1.54) is 0 Å². The third-order valence-electron chi connectivity index (χ3n) is 5.11. The van der Waals surface area contributed by atoms with Gasteiger partial charge in [-0.1, -0.05) is 13.8 Å². The lowest BCUT2D eigenvalue weighted by Gasteiger charge is -2.20. The van der Waals surface area contributed by atoms with Gasteiger partial charge in [0, 0.05) is 44.2 Å². The summed E-state index contributed by atoms with van der Waals surface area (Å²) in [6.45, 7) is 7.80. The number of imidazole rings is 1. The molecule has 8 heteroatoms. The SMILES string of the molecule is CC(C)Cn1cc(-c2cc3ncn(C)c3c(O[C@H](C)C3CNC(=O)C3)n2)cn1. The molecule has 148 valence electrons. The first-order chi connectivity index (χ1) is 13.4. The van der Waals surface area contributed by atoms with Crippen molar-refractivity contribution in [1.29, 1.82) is 0 Å². The summed E-state index contributed by atoms with van der Waals surface area (Å²) in [7, 11) is 1.93. The molecule has 1 aliphatic heterocycles. The van der Waals surface area contributed by atoms with Crippen LogP contribution in [0.4, 0.5) is 0 Å². The quantitative estimate of drug-likeness (QED) is 0.707. The second-order valence-corrected chi connectivity index (χ2v) is 7.97. The number of carbonyl (C=O) groups excluding carboxylic acids is 1. The zero-order chi connectivity index (χ0) is 19.8. The average molecular weight is 382 g/mol. The molecule has 3 aromatic rings. The molecule has 4 heterocycles.